The van der Waals surface area contributed by atoms with Crippen LogP contribution in [0.5, 0.6) is 5.75 Å². The fourth-order valence-corrected chi connectivity index (χ4v) is 3.99. The minimum absolute atomic E-state index is 0.252. The van der Waals surface area contributed by atoms with Crippen LogP contribution in [0.1, 0.15) is 31.4 Å². The molecular weight excluding hydrogens is 340 g/mol. The number of nitrogens with one attached hydrogen (secondary N) is 1. The van der Waals surface area contributed by atoms with Crippen molar-refractivity contribution in [2.75, 3.05) is 7.11 Å². The van der Waals surface area contributed by atoms with Crippen LogP contribution < -0.4 is 16.0 Å². The topological polar surface area (TPSA) is 64.1 Å². The third-order valence-corrected chi connectivity index (χ3v) is 5.68. The zero-order valence-corrected chi connectivity index (χ0v) is 15.7. The predicted molar refractivity (Wildman–Crippen MR) is 106 cm³/mol. The first-order valence-electron chi connectivity index (χ1n) is 9.11. The lowest BCUT2D eigenvalue weighted by atomic mass is 9.69. The first kappa shape index (κ1) is 17.3. The first-order chi connectivity index (χ1) is 13.0. The molecule has 0 radical (unpaired) electrons. The number of rotatable bonds is 3. The number of nitrogens with zero attached hydrogens (tertiary/aromatic N) is 1. The van der Waals surface area contributed by atoms with Crippen molar-refractivity contribution in [3.63, 3.8) is 0 Å². The summed E-state index contributed by atoms with van der Waals surface area (Å²) in [5.74, 6) is 0.675. The van der Waals surface area contributed by atoms with E-state index in [1.807, 2.05) is 18.2 Å². The quantitative estimate of drug-likeness (QED) is 0.776. The van der Waals surface area contributed by atoms with Crippen LogP contribution in [0.3, 0.4) is 0 Å². The van der Waals surface area contributed by atoms with Crippen LogP contribution >= 0.6 is 0 Å². The standard InChI is InChI=1S/C22H22N2O3/c1-4-22(2)13-14-7-5-6-8-17(14)19-18(22)20(25)24(21(26)23-19)15-9-11-16(27-3)12-10-15/h5-12H,4,13H2,1-3H3,(H,23,26). The maximum Gasteiger partial charge on any atom is 0.333 e. The maximum absolute atomic E-state index is 13.5. The Kier molecular flexibility index (Phi) is 4.02. The van der Waals surface area contributed by atoms with E-state index in [1.54, 1.807) is 31.4 Å². The van der Waals surface area contributed by atoms with Crippen molar-refractivity contribution >= 4 is 0 Å². The highest BCUT2D eigenvalue weighted by Crippen LogP contribution is 2.41. The Labute approximate surface area is 157 Å². The Morgan fingerprint density at radius 3 is 2.48 bits per heavy atom. The second-order valence-corrected chi connectivity index (χ2v) is 7.27. The van der Waals surface area contributed by atoms with Gasteiger partial charge in [-0.2, -0.15) is 0 Å². The Bertz CT molecular complexity index is 1130. The Balaban J connectivity index is 2.03. The lowest BCUT2D eigenvalue weighted by molar-refractivity contribution is 0.414. The van der Waals surface area contributed by atoms with Crippen LogP contribution in [-0.2, 0) is 11.8 Å². The number of hydrogen-bond acceptors (Lipinski definition) is 3. The highest BCUT2D eigenvalue weighted by molar-refractivity contribution is 5.71. The Morgan fingerprint density at radius 2 is 1.81 bits per heavy atom. The summed E-state index contributed by atoms with van der Waals surface area (Å²) in [5, 5.41) is 0. The lowest BCUT2D eigenvalue weighted by Crippen LogP contribution is -2.44. The van der Waals surface area contributed by atoms with Gasteiger partial charge < -0.3 is 9.72 Å². The van der Waals surface area contributed by atoms with Crippen molar-refractivity contribution in [2.24, 2.45) is 0 Å². The summed E-state index contributed by atoms with van der Waals surface area (Å²) in [6.45, 7) is 4.18. The third-order valence-electron chi connectivity index (χ3n) is 5.68. The Hall–Kier alpha value is -3.08. The van der Waals surface area contributed by atoms with Gasteiger partial charge in [-0.1, -0.05) is 38.1 Å². The molecule has 2 aromatic carbocycles. The monoisotopic (exact) mass is 362 g/mol. The zero-order chi connectivity index (χ0) is 19.2. The summed E-state index contributed by atoms with van der Waals surface area (Å²) in [6, 6.07) is 14.9. The van der Waals surface area contributed by atoms with Crippen molar-refractivity contribution in [2.45, 2.75) is 32.1 Å². The van der Waals surface area contributed by atoms with Crippen molar-refractivity contribution in [3.8, 4) is 22.7 Å². The van der Waals surface area contributed by atoms with Crippen LogP contribution in [0.15, 0.2) is 58.1 Å². The molecule has 3 aromatic rings. The van der Waals surface area contributed by atoms with Crippen molar-refractivity contribution < 1.29 is 4.74 Å². The molecule has 1 aliphatic carbocycles. The van der Waals surface area contributed by atoms with E-state index >= 15 is 0 Å². The number of aromatic nitrogens is 2. The van der Waals surface area contributed by atoms with E-state index in [2.05, 4.69) is 24.9 Å². The van der Waals surface area contributed by atoms with E-state index in [0.717, 1.165) is 24.0 Å². The molecule has 0 spiro atoms. The van der Waals surface area contributed by atoms with Crippen molar-refractivity contribution in [1.82, 2.24) is 9.55 Å². The molecule has 4 rings (SSSR count). The van der Waals surface area contributed by atoms with Gasteiger partial charge in [0.1, 0.15) is 5.75 Å². The molecule has 0 saturated heterocycles. The second-order valence-electron chi connectivity index (χ2n) is 7.27. The van der Waals surface area contributed by atoms with Crippen LogP contribution in [0.4, 0.5) is 0 Å². The molecule has 0 bridgehead atoms. The molecule has 0 saturated carbocycles. The SMILES string of the molecule is CCC1(C)Cc2ccccc2-c2[nH]c(=O)n(-c3ccc(OC)cc3)c(=O)c21. The van der Waals surface area contributed by atoms with E-state index < -0.39 is 5.69 Å². The van der Waals surface area contributed by atoms with Gasteiger partial charge in [-0.3, -0.25) is 4.79 Å². The molecule has 1 aliphatic rings. The fourth-order valence-electron chi connectivity index (χ4n) is 3.99. The van der Waals surface area contributed by atoms with Gasteiger partial charge in [0.2, 0.25) is 0 Å². The predicted octanol–water partition coefficient (Wildman–Crippen LogP) is 3.43. The van der Waals surface area contributed by atoms with Crippen molar-refractivity contribution in [1.29, 1.82) is 0 Å². The molecule has 1 heterocycles. The molecule has 0 aliphatic heterocycles. The van der Waals surface area contributed by atoms with E-state index in [0.29, 0.717) is 22.7 Å². The van der Waals surface area contributed by atoms with Gasteiger partial charge in [0.15, 0.2) is 0 Å². The molecule has 5 nitrogen and oxygen atoms in total. The maximum atomic E-state index is 13.5. The summed E-state index contributed by atoms with van der Waals surface area (Å²) in [7, 11) is 1.58. The van der Waals surface area contributed by atoms with E-state index in [1.165, 1.54) is 4.57 Å². The average molecular weight is 362 g/mol. The molecular formula is C22H22N2O3. The van der Waals surface area contributed by atoms with Gasteiger partial charge in [0, 0.05) is 16.5 Å². The minimum atomic E-state index is -0.431. The minimum Gasteiger partial charge on any atom is -0.497 e. The van der Waals surface area contributed by atoms with E-state index in [9.17, 15) is 9.59 Å². The molecule has 0 amide bonds. The van der Waals surface area contributed by atoms with Gasteiger partial charge in [-0.25, -0.2) is 9.36 Å². The highest BCUT2D eigenvalue weighted by Gasteiger charge is 2.37. The number of benzene rings is 2. The largest absolute Gasteiger partial charge is 0.497 e. The Morgan fingerprint density at radius 1 is 1.11 bits per heavy atom. The number of H-pyrrole nitrogens is 1. The van der Waals surface area contributed by atoms with E-state index in [-0.39, 0.29) is 11.0 Å². The van der Waals surface area contributed by atoms with Gasteiger partial charge in [0.25, 0.3) is 5.56 Å². The third kappa shape index (κ3) is 2.62. The van der Waals surface area contributed by atoms with Gasteiger partial charge in [-0.15, -0.1) is 0 Å². The molecule has 1 N–H and O–H groups in total. The lowest BCUT2D eigenvalue weighted by Gasteiger charge is -2.35. The average Bonchev–Trinajstić information content (AvgIpc) is 2.68. The van der Waals surface area contributed by atoms with Gasteiger partial charge >= 0.3 is 5.69 Å². The molecule has 138 valence electrons. The smallest absolute Gasteiger partial charge is 0.333 e. The number of fused-ring (bicyclic) bond motifs is 3. The van der Waals surface area contributed by atoms with Crippen LogP contribution in [0.25, 0.3) is 16.9 Å². The first-order valence-corrected chi connectivity index (χ1v) is 9.11. The number of hydrogen-bond donors (Lipinski definition) is 1. The molecule has 0 fully saturated rings. The van der Waals surface area contributed by atoms with Crippen LogP contribution in [0, 0.1) is 0 Å². The molecule has 1 aromatic heterocycles. The number of ether oxygens (including phenoxy) is 1. The fraction of sp³-hybridized carbons (Fsp3) is 0.273. The highest BCUT2D eigenvalue weighted by atomic mass is 16.5. The van der Waals surface area contributed by atoms with E-state index in [4.69, 9.17) is 4.74 Å². The molecule has 27 heavy (non-hydrogen) atoms. The molecule has 1 unspecified atom stereocenters. The zero-order valence-electron chi connectivity index (χ0n) is 15.7. The number of aromatic amines is 1. The summed E-state index contributed by atoms with van der Waals surface area (Å²) < 4.78 is 6.39. The van der Waals surface area contributed by atoms with Gasteiger partial charge in [0.05, 0.1) is 18.5 Å². The van der Waals surface area contributed by atoms with Gasteiger partial charge in [-0.05, 0) is 42.7 Å². The molecule has 1 atom stereocenters. The molecule has 5 heteroatoms. The summed E-state index contributed by atoms with van der Waals surface area (Å²) in [6.07, 6.45) is 1.58. The number of methoxy groups -OCH3 is 1. The van der Waals surface area contributed by atoms with Crippen LogP contribution in [0.2, 0.25) is 0 Å². The second kappa shape index (κ2) is 6.27. The summed E-state index contributed by atoms with van der Waals surface area (Å²) >= 11 is 0. The summed E-state index contributed by atoms with van der Waals surface area (Å²) in [5.41, 5.74) is 2.94. The summed E-state index contributed by atoms with van der Waals surface area (Å²) in [4.78, 5) is 29.3. The normalized spacial score (nSPS) is 17.9. The van der Waals surface area contributed by atoms with Crippen molar-refractivity contribution in [3.05, 3.63) is 80.5 Å². The van der Waals surface area contributed by atoms with Crippen LogP contribution in [-0.4, -0.2) is 16.7 Å².